The molecule has 1 aliphatic rings. The molecule has 0 saturated heterocycles. The van der Waals surface area contributed by atoms with Crippen LogP contribution >= 0.6 is 11.3 Å². The van der Waals surface area contributed by atoms with Crippen LogP contribution in [-0.2, 0) is 16.0 Å². The zero-order chi connectivity index (χ0) is 13.2. The maximum absolute atomic E-state index is 11.6. The number of carbonyl (C=O) groups excluding carboxylic acids is 1. The first-order valence-electron chi connectivity index (χ1n) is 5.97. The number of hydrogen-bond donors (Lipinski definition) is 2. The molecule has 0 bridgehead atoms. The monoisotopic (exact) mass is 268 g/mol. The average Bonchev–Trinajstić information content (AvgIpc) is 2.96. The minimum absolute atomic E-state index is 0.179. The predicted octanol–water partition coefficient (Wildman–Crippen LogP) is 1.51. The second-order valence-electron chi connectivity index (χ2n) is 4.65. The molecule has 2 rings (SSSR count). The van der Waals surface area contributed by atoms with Gasteiger partial charge in [0.25, 0.3) is 0 Å². The summed E-state index contributed by atoms with van der Waals surface area (Å²) in [4.78, 5) is 26.8. The number of aryl methyl sites for hydroxylation is 2. The lowest BCUT2D eigenvalue weighted by atomic mass is 10.2. The van der Waals surface area contributed by atoms with Crippen molar-refractivity contribution >= 4 is 23.2 Å². The van der Waals surface area contributed by atoms with Crippen molar-refractivity contribution in [3.8, 4) is 0 Å². The van der Waals surface area contributed by atoms with Gasteiger partial charge in [0.05, 0.1) is 10.7 Å². The summed E-state index contributed by atoms with van der Waals surface area (Å²) >= 11 is 1.60. The average molecular weight is 268 g/mol. The Morgan fingerprint density at radius 1 is 1.56 bits per heavy atom. The van der Waals surface area contributed by atoms with Crippen LogP contribution in [0.5, 0.6) is 0 Å². The number of carboxylic acids is 1. The number of carboxylic acid groups (broad SMARTS) is 1. The van der Waals surface area contributed by atoms with Crippen LogP contribution in [-0.4, -0.2) is 27.5 Å². The molecule has 98 valence electrons. The lowest BCUT2D eigenvalue weighted by Crippen LogP contribution is -2.42. The van der Waals surface area contributed by atoms with E-state index in [1.54, 1.807) is 11.3 Å². The maximum atomic E-state index is 11.6. The van der Waals surface area contributed by atoms with Crippen LogP contribution in [0, 0.1) is 6.92 Å². The second-order valence-corrected chi connectivity index (χ2v) is 5.71. The quantitative estimate of drug-likeness (QED) is 0.819. The number of nitrogens with zero attached hydrogens (tertiary/aromatic N) is 1. The van der Waals surface area contributed by atoms with Crippen LogP contribution in [0.15, 0.2) is 5.38 Å². The highest BCUT2D eigenvalue weighted by molar-refractivity contribution is 7.09. The van der Waals surface area contributed by atoms with Gasteiger partial charge in [-0.15, -0.1) is 11.3 Å². The van der Waals surface area contributed by atoms with E-state index in [1.807, 2.05) is 12.3 Å². The van der Waals surface area contributed by atoms with Gasteiger partial charge in [-0.1, -0.05) is 0 Å². The van der Waals surface area contributed by atoms with Crippen molar-refractivity contribution in [3.05, 3.63) is 16.1 Å². The number of amides is 1. The first-order valence-corrected chi connectivity index (χ1v) is 6.85. The molecule has 1 heterocycles. The highest BCUT2D eigenvalue weighted by atomic mass is 32.1. The number of aliphatic carboxylic acids is 1. The molecule has 0 atom stereocenters. The Balaban J connectivity index is 1.71. The van der Waals surface area contributed by atoms with Gasteiger partial charge in [0, 0.05) is 11.8 Å². The fourth-order valence-corrected chi connectivity index (χ4v) is 2.45. The zero-order valence-corrected chi connectivity index (χ0v) is 11.0. The van der Waals surface area contributed by atoms with E-state index < -0.39 is 11.5 Å². The molecule has 2 N–H and O–H groups in total. The van der Waals surface area contributed by atoms with Crippen molar-refractivity contribution in [3.63, 3.8) is 0 Å². The van der Waals surface area contributed by atoms with Crippen molar-refractivity contribution in [2.45, 2.75) is 44.6 Å². The molecule has 18 heavy (non-hydrogen) atoms. The van der Waals surface area contributed by atoms with E-state index in [1.165, 1.54) is 0 Å². The van der Waals surface area contributed by atoms with Gasteiger partial charge >= 0.3 is 5.97 Å². The van der Waals surface area contributed by atoms with Gasteiger partial charge in [-0.3, -0.25) is 4.79 Å². The van der Waals surface area contributed by atoms with E-state index in [-0.39, 0.29) is 5.91 Å². The summed E-state index contributed by atoms with van der Waals surface area (Å²) in [7, 11) is 0. The van der Waals surface area contributed by atoms with E-state index in [2.05, 4.69) is 10.3 Å². The van der Waals surface area contributed by atoms with Crippen LogP contribution in [0.1, 0.15) is 36.4 Å². The normalized spacial score (nSPS) is 16.3. The standard InChI is InChI=1S/C12H16N2O3S/c1-8-13-9(7-18-8)3-2-4-10(15)14-12(5-6-12)11(16)17/h7H,2-6H2,1H3,(H,14,15)(H,16,17). The fraction of sp³-hybridized carbons (Fsp3) is 0.583. The van der Waals surface area contributed by atoms with Crippen molar-refractivity contribution < 1.29 is 14.7 Å². The highest BCUT2D eigenvalue weighted by Gasteiger charge is 2.51. The Hall–Kier alpha value is -1.43. The fourth-order valence-electron chi connectivity index (χ4n) is 1.80. The molecule has 0 spiro atoms. The van der Waals surface area contributed by atoms with Crippen LogP contribution in [0.3, 0.4) is 0 Å². The Bertz CT molecular complexity index is 466. The van der Waals surface area contributed by atoms with Crippen molar-refractivity contribution in [2.24, 2.45) is 0 Å². The molecule has 0 aromatic carbocycles. The van der Waals surface area contributed by atoms with Crippen LogP contribution in [0.25, 0.3) is 0 Å². The van der Waals surface area contributed by atoms with Gasteiger partial charge < -0.3 is 10.4 Å². The minimum Gasteiger partial charge on any atom is -0.480 e. The summed E-state index contributed by atoms with van der Waals surface area (Å²) in [5.74, 6) is -1.10. The third-order valence-electron chi connectivity index (χ3n) is 3.04. The molecule has 1 aromatic rings. The Morgan fingerprint density at radius 2 is 2.28 bits per heavy atom. The molecule has 1 amide bonds. The van der Waals surface area contributed by atoms with E-state index in [9.17, 15) is 9.59 Å². The molecular formula is C12H16N2O3S. The Morgan fingerprint density at radius 3 is 2.78 bits per heavy atom. The third-order valence-corrected chi connectivity index (χ3v) is 3.86. The van der Waals surface area contributed by atoms with Gasteiger partial charge in [0.1, 0.15) is 5.54 Å². The zero-order valence-electron chi connectivity index (χ0n) is 10.2. The summed E-state index contributed by atoms with van der Waals surface area (Å²) in [6.45, 7) is 1.95. The summed E-state index contributed by atoms with van der Waals surface area (Å²) in [6, 6.07) is 0. The van der Waals surface area contributed by atoms with E-state index in [0.717, 1.165) is 17.1 Å². The second kappa shape index (κ2) is 5.06. The molecule has 0 unspecified atom stereocenters. The Kier molecular flexibility index (Phi) is 3.65. The van der Waals surface area contributed by atoms with Gasteiger partial charge in [-0.05, 0) is 32.6 Å². The molecule has 5 nitrogen and oxygen atoms in total. The van der Waals surface area contributed by atoms with Crippen molar-refractivity contribution in [2.75, 3.05) is 0 Å². The third kappa shape index (κ3) is 3.07. The van der Waals surface area contributed by atoms with Gasteiger partial charge in [0.15, 0.2) is 0 Å². The number of hydrogen-bond acceptors (Lipinski definition) is 4. The number of aromatic nitrogens is 1. The molecule has 1 aromatic heterocycles. The van der Waals surface area contributed by atoms with Crippen LogP contribution in [0.4, 0.5) is 0 Å². The van der Waals surface area contributed by atoms with E-state index in [0.29, 0.717) is 25.7 Å². The lowest BCUT2D eigenvalue weighted by molar-refractivity contribution is -0.143. The van der Waals surface area contributed by atoms with Crippen LogP contribution in [0.2, 0.25) is 0 Å². The highest BCUT2D eigenvalue weighted by Crippen LogP contribution is 2.35. The van der Waals surface area contributed by atoms with Gasteiger partial charge in [-0.25, -0.2) is 9.78 Å². The van der Waals surface area contributed by atoms with Gasteiger partial charge in [0.2, 0.25) is 5.91 Å². The number of thiazole rings is 1. The lowest BCUT2D eigenvalue weighted by Gasteiger charge is -2.11. The predicted molar refractivity (Wildman–Crippen MR) is 67.5 cm³/mol. The summed E-state index contributed by atoms with van der Waals surface area (Å²) in [5, 5.41) is 14.6. The number of rotatable bonds is 6. The number of nitrogens with one attached hydrogen (secondary N) is 1. The largest absolute Gasteiger partial charge is 0.480 e. The maximum Gasteiger partial charge on any atom is 0.329 e. The molecule has 1 fully saturated rings. The molecular weight excluding hydrogens is 252 g/mol. The first-order chi connectivity index (χ1) is 8.52. The van der Waals surface area contributed by atoms with Gasteiger partial charge in [-0.2, -0.15) is 0 Å². The first kappa shape index (κ1) is 13.0. The summed E-state index contributed by atoms with van der Waals surface area (Å²) in [6.07, 6.45) is 2.90. The van der Waals surface area contributed by atoms with E-state index in [4.69, 9.17) is 5.11 Å². The molecule has 6 heteroatoms. The smallest absolute Gasteiger partial charge is 0.329 e. The molecule has 1 aliphatic carbocycles. The molecule has 0 aliphatic heterocycles. The van der Waals surface area contributed by atoms with Crippen LogP contribution < -0.4 is 5.32 Å². The summed E-state index contributed by atoms with van der Waals surface area (Å²) < 4.78 is 0. The van der Waals surface area contributed by atoms with Crippen molar-refractivity contribution in [1.29, 1.82) is 0 Å². The number of carbonyl (C=O) groups is 2. The molecule has 0 radical (unpaired) electrons. The minimum atomic E-state index is -0.964. The SMILES string of the molecule is Cc1nc(CCCC(=O)NC2(C(=O)O)CC2)cs1. The van der Waals surface area contributed by atoms with Crippen molar-refractivity contribution in [1.82, 2.24) is 10.3 Å². The summed E-state index contributed by atoms with van der Waals surface area (Å²) in [5.41, 5.74) is 0.0403. The van der Waals surface area contributed by atoms with E-state index >= 15 is 0 Å². The topological polar surface area (TPSA) is 79.3 Å². The molecule has 1 saturated carbocycles. The Labute approximate surface area is 109 Å².